The maximum atomic E-state index is 13.2. The molecule has 1 fully saturated rings. The second-order valence-corrected chi connectivity index (χ2v) is 9.22. The monoisotopic (exact) mass is 439 g/mol. The number of hydrogen-bond donors (Lipinski definition) is 1. The number of nitrogens with zero attached hydrogens (tertiary/aromatic N) is 3. The number of fused-ring (bicyclic) bond motifs is 1. The number of para-hydroxylation sites is 1. The molecule has 0 saturated carbocycles. The highest BCUT2D eigenvalue weighted by atomic mass is 16.3. The number of hydrogen-bond acceptors (Lipinski definition) is 5. The summed E-state index contributed by atoms with van der Waals surface area (Å²) in [6.45, 7) is 5.25. The molecule has 33 heavy (non-hydrogen) atoms. The third-order valence-electron chi connectivity index (χ3n) is 6.73. The van der Waals surface area contributed by atoms with Crippen LogP contribution in [0.1, 0.15) is 57.6 Å². The molecule has 0 aliphatic carbocycles. The number of aliphatic imine (C=N–C) groups is 1. The Kier molecular flexibility index (Phi) is 6.05. The van der Waals surface area contributed by atoms with Gasteiger partial charge in [0.2, 0.25) is 0 Å². The van der Waals surface area contributed by atoms with Crippen molar-refractivity contribution in [2.45, 2.75) is 39.3 Å². The van der Waals surface area contributed by atoms with Gasteiger partial charge in [0.05, 0.1) is 12.3 Å². The maximum Gasteiger partial charge on any atom is 0.163 e. The zero-order valence-electron chi connectivity index (χ0n) is 19.0. The first-order valence-corrected chi connectivity index (χ1v) is 11.7. The van der Waals surface area contributed by atoms with Crippen molar-refractivity contribution in [2.75, 3.05) is 13.1 Å². The van der Waals surface area contributed by atoms with Gasteiger partial charge in [-0.15, -0.1) is 0 Å². The van der Waals surface area contributed by atoms with Crippen LogP contribution < -0.4 is 0 Å². The Morgan fingerprint density at radius 2 is 2.03 bits per heavy atom. The molecule has 5 rings (SSSR count). The van der Waals surface area contributed by atoms with E-state index in [0.717, 1.165) is 66.1 Å². The lowest BCUT2D eigenvalue weighted by Crippen LogP contribution is -2.35. The van der Waals surface area contributed by atoms with Crippen LogP contribution in [0.25, 0.3) is 0 Å². The fraction of sp³-hybridized carbons (Fsp3) is 0.321. The van der Waals surface area contributed by atoms with Crippen LogP contribution in [0.15, 0.2) is 65.8 Å². The SMILES string of the molecule is Cc1cc(C2=NCc3ccc(C(=O)C[C@@H]4CCCN(Cc5ccccc5O)C4)cc32)ccn1. The largest absolute Gasteiger partial charge is 0.508 e. The predicted octanol–water partition coefficient (Wildman–Crippen LogP) is 4.93. The Morgan fingerprint density at radius 3 is 2.88 bits per heavy atom. The fourth-order valence-corrected chi connectivity index (χ4v) is 5.02. The Labute approximate surface area is 194 Å². The molecule has 0 unspecified atom stereocenters. The van der Waals surface area contributed by atoms with E-state index < -0.39 is 0 Å². The van der Waals surface area contributed by atoms with Gasteiger partial charge in [-0.1, -0.05) is 30.3 Å². The number of rotatable bonds is 6. The summed E-state index contributed by atoms with van der Waals surface area (Å²) in [7, 11) is 0. The van der Waals surface area contributed by atoms with Crippen LogP contribution in [0.3, 0.4) is 0 Å². The first kappa shape index (κ1) is 21.5. The van der Waals surface area contributed by atoms with Gasteiger partial charge in [0.1, 0.15) is 5.75 Å². The third-order valence-corrected chi connectivity index (χ3v) is 6.73. The van der Waals surface area contributed by atoms with E-state index in [2.05, 4.69) is 16.0 Å². The number of carbonyl (C=O) groups is 1. The molecular weight excluding hydrogens is 410 g/mol. The van der Waals surface area contributed by atoms with E-state index in [1.165, 1.54) is 5.56 Å². The molecule has 168 valence electrons. The summed E-state index contributed by atoms with van der Waals surface area (Å²) in [4.78, 5) is 24.6. The van der Waals surface area contributed by atoms with Crippen LogP contribution in [-0.2, 0) is 13.1 Å². The highest BCUT2D eigenvalue weighted by Crippen LogP contribution is 2.28. The van der Waals surface area contributed by atoms with Crippen LogP contribution in [0, 0.1) is 12.8 Å². The number of carbonyl (C=O) groups excluding carboxylic acids is 1. The minimum Gasteiger partial charge on any atom is -0.508 e. The number of Topliss-reactive ketones (excluding diaryl/α,β-unsaturated/α-hetero) is 1. The summed E-state index contributed by atoms with van der Waals surface area (Å²) >= 11 is 0. The Balaban J connectivity index is 1.27. The first-order valence-electron chi connectivity index (χ1n) is 11.7. The molecule has 3 aromatic rings. The number of aromatic hydroxyl groups is 1. The molecule has 1 atom stereocenters. The van der Waals surface area contributed by atoms with Gasteiger partial charge in [0, 0.05) is 53.7 Å². The summed E-state index contributed by atoms with van der Waals surface area (Å²) in [5.74, 6) is 0.876. The lowest BCUT2D eigenvalue weighted by Gasteiger charge is -2.32. The fourth-order valence-electron chi connectivity index (χ4n) is 5.02. The van der Waals surface area contributed by atoms with Crippen molar-refractivity contribution >= 4 is 11.5 Å². The highest BCUT2D eigenvalue weighted by Gasteiger charge is 2.25. The van der Waals surface area contributed by atoms with Crippen molar-refractivity contribution in [2.24, 2.45) is 10.9 Å². The van der Waals surface area contributed by atoms with E-state index in [1.807, 2.05) is 55.6 Å². The molecule has 0 radical (unpaired) electrons. The smallest absolute Gasteiger partial charge is 0.163 e. The number of ketones is 1. The highest BCUT2D eigenvalue weighted by molar-refractivity contribution is 6.16. The molecule has 3 heterocycles. The molecule has 0 amide bonds. The number of likely N-dealkylation sites (tertiary alicyclic amines) is 1. The molecule has 5 heteroatoms. The van der Waals surface area contributed by atoms with Gasteiger partial charge in [-0.2, -0.15) is 0 Å². The molecule has 5 nitrogen and oxygen atoms in total. The van der Waals surface area contributed by atoms with Crippen molar-refractivity contribution < 1.29 is 9.90 Å². The van der Waals surface area contributed by atoms with E-state index in [4.69, 9.17) is 4.99 Å². The molecule has 0 bridgehead atoms. The molecule has 1 N–H and O–H groups in total. The Hall–Kier alpha value is -3.31. The van der Waals surface area contributed by atoms with Crippen LogP contribution in [-0.4, -0.2) is 39.6 Å². The predicted molar refractivity (Wildman–Crippen MR) is 130 cm³/mol. The van der Waals surface area contributed by atoms with E-state index in [-0.39, 0.29) is 5.78 Å². The standard InChI is InChI=1S/C28H29N3O2/c1-19-13-22(10-11-29-19)28-25-15-21(8-9-23(25)16-30-28)27(33)14-20-5-4-12-31(17-20)18-24-6-2-3-7-26(24)32/h2-3,6-11,13,15,20,32H,4-5,12,14,16-18H2,1H3/t20-/m0/s1. The molecule has 1 aromatic heterocycles. The summed E-state index contributed by atoms with van der Waals surface area (Å²) < 4.78 is 0. The van der Waals surface area contributed by atoms with E-state index in [1.54, 1.807) is 6.07 Å². The number of aryl methyl sites for hydroxylation is 1. The van der Waals surface area contributed by atoms with E-state index >= 15 is 0 Å². The second kappa shape index (κ2) is 9.28. The van der Waals surface area contributed by atoms with E-state index in [0.29, 0.717) is 24.6 Å². The topological polar surface area (TPSA) is 65.8 Å². The normalized spacial score (nSPS) is 18.1. The molecular formula is C28H29N3O2. The van der Waals surface area contributed by atoms with Gasteiger partial charge in [-0.25, -0.2) is 0 Å². The van der Waals surface area contributed by atoms with Gasteiger partial charge in [0.15, 0.2) is 5.78 Å². The Morgan fingerprint density at radius 1 is 1.15 bits per heavy atom. The van der Waals surface area contributed by atoms with Gasteiger partial charge in [-0.3, -0.25) is 19.7 Å². The number of pyridine rings is 1. The zero-order chi connectivity index (χ0) is 22.8. The van der Waals surface area contributed by atoms with E-state index in [9.17, 15) is 9.90 Å². The summed E-state index contributed by atoms with van der Waals surface area (Å²) in [5.41, 5.74) is 6.92. The van der Waals surface area contributed by atoms with Crippen LogP contribution >= 0.6 is 0 Å². The quantitative estimate of drug-likeness (QED) is 0.553. The molecule has 1 saturated heterocycles. The molecule has 0 spiro atoms. The summed E-state index contributed by atoms with van der Waals surface area (Å²) in [6, 6.07) is 17.6. The Bertz CT molecular complexity index is 1220. The average Bonchev–Trinajstić information content (AvgIpc) is 3.24. The number of aromatic nitrogens is 1. The number of piperidine rings is 1. The lowest BCUT2D eigenvalue weighted by molar-refractivity contribution is 0.0912. The average molecular weight is 440 g/mol. The maximum absolute atomic E-state index is 13.2. The van der Waals surface area contributed by atoms with Gasteiger partial charge >= 0.3 is 0 Å². The van der Waals surface area contributed by atoms with Crippen molar-refractivity contribution in [3.05, 3.63) is 94.3 Å². The minimum absolute atomic E-state index is 0.198. The van der Waals surface area contributed by atoms with Crippen molar-refractivity contribution in [1.82, 2.24) is 9.88 Å². The van der Waals surface area contributed by atoms with Gasteiger partial charge < -0.3 is 5.11 Å². The van der Waals surface area contributed by atoms with Crippen molar-refractivity contribution in [1.29, 1.82) is 0 Å². The lowest BCUT2D eigenvalue weighted by atomic mass is 9.89. The molecule has 2 aromatic carbocycles. The van der Waals surface area contributed by atoms with Crippen LogP contribution in [0.4, 0.5) is 0 Å². The second-order valence-electron chi connectivity index (χ2n) is 9.22. The van der Waals surface area contributed by atoms with Crippen LogP contribution in [0.2, 0.25) is 0 Å². The van der Waals surface area contributed by atoms with Crippen molar-refractivity contribution in [3.63, 3.8) is 0 Å². The minimum atomic E-state index is 0.198. The number of phenols is 1. The molecule has 2 aliphatic heterocycles. The number of phenolic OH excluding ortho intramolecular Hbond substituents is 1. The third kappa shape index (κ3) is 4.74. The summed E-state index contributed by atoms with van der Waals surface area (Å²) in [6.07, 6.45) is 4.51. The van der Waals surface area contributed by atoms with Gasteiger partial charge in [0.25, 0.3) is 0 Å². The first-order chi connectivity index (χ1) is 16.1. The van der Waals surface area contributed by atoms with Crippen LogP contribution in [0.5, 0.6) is 5.75 Å². The van der Waals surface area contributed by atoms with Gasteiger partial charge in [-0.05, 0) is 62.1 Å². The molecule has 2 aliphatic rings. The summed E-state index contributed by atoms with van der Waals surface area (Å²) in [5, 5.41) is 10.1. The number of benzene rings is 2. The van der Waals surface area contributed by atoms with Crippen molar-refractivity contribution in [3.8, 4) is 5.75 Å². The zero-order valence-corrected chi connectivity index (χ0v) is 19.0.